The molecule has 0 aliphatic heterocycles. The van der Waals surface area contributed by atoms with Crippen molar-refractivity contribution >= 4 is 27.5 Å². The third kappa shape index (κ3) is 3.74. The van der Waals surface area contributed by atoms with Gasteiger partial charge in [0.2, 0.25) is 5.91 Å². The fraction of sp³-hybridized carbons (Fsp3) is 0.364. The Balaban J connectivity index is 2.85. The topological polar surface area (TPSA) is 55.1 Å². The maximum absolute atomic E-state index is 13.4. The normalized spacial score (nSPS) is 12.3. The molecule has 1 atom stereocenters. The van der Waals surface area contributed by atoms with E-state index in [0.29, 0.717) is 6.42 Å². The molecule has 1 amide bonds. The lowest BCUT2D eigenvalue weighted by Crippen LogP contribution is -2.35. The summed E-state index contributed by atoms with van der Waals surface area (Å²) in [6.07, 6.45) is 1.19. The Kier molecular flexibility index (Phi) is 5.02. The van der Waals surface area contributed by atoms with Crippen LogP contribution in [0.5, 0.6) is 0 Å². The van der Waals surface area contributed by atoms with E-state index in [-0.39, 0.29) is 4.47 Å². The van der Waals surface area contributed by atoms with Gasteiger partial charge in [0.15, 0.2) is 11.6 Å². The fourth-order valence-electron chi connectivity index (χ4n) is 1.32. The molecule has 0 aromatic heterocycles. The average Bonchev–Trinajstić information content (AvgIpc) is 2.23. The Bertz CT molecular complexity index is 403. The number of carbonyl (C=O) groups is 1. The summed E-state index contributed by atoms with van der Waals surface area (Å²) in [6.45, 7) is 1.87. The number of anilines is 1. The third-order valence-electron chi connectivity index (χ3n) is 2.19. The summed E-state index contributed by atoms with van der Waals surface area (Å²) in [5.74, 6) is -2.27. The fourth-order valence-corrected chi connectivity index (χ4v) is 1.72. The summed E-state index contributed by atoms with van der Waals surface area (Å²) >= 11 is 2.95. The van der Waals surface area contributed by atoms with Crippen LogP contribution in [0.2, 0.25) is 0 Å². The molecule has 17 heavy (non-hydrogen) atoms. The largest absolute Gasteiger partial charge is 0.320 e. The highest BCUT2D eigenvalue weighted by Crippen LogP contribution is 2.23. The quantitative estimate of drug-likeness (QED) is 0.898. The number of hydrogen-bond donors (Lipinski definition) is 2. The molecule has 0 bridgehead atoms. The zero-order chi connectivity index (χ0) is 13.0. The van der Waals surface area contributed by atoms with E-state index in [4.69, 9.17) is 5.73 Å². The van der Waals surface area contributed by atoms with Crippen LogP contribution in [0.4, 0.5) is 14.5 Å². The Morgan fingerprint density at radius 3 is 2.47 bits per heavy atom. The Hall–Kier alpha value is -1.01. The van der Waals surface area contributed by atoms with Crippen LogP contribution in [-0.2, 0) is 4.79 Å². The van der Waals surface area contributed by atoms with Crippen molar-refractivity contribution in [2.24, 2.45) is 5.73 Å². The van der Waals surface area contributed by atoms with Crippen LogP contribution in [0.1, 0.15) is 19.8 Å². The lowest BCUT2D eigenvalue weighted by atomic mass is 10.1. The first kappa shape index (κ1) is 14.1. The zero-order valence-corrected chi connectivity index (χ0v) is 10.9. The van der Waals surface area contributed by atoms with Crippen LogP contribution >= 0.6 is 15.9 Å². The summed E-state index contributed by atoms with van der Waals surface area (Å²) in [5, 5.41) is 2.16. The van der Waals surface area contributed by atoms with Gasteiger partial charge in [0.1, 0.15) is 5.69 Å². The third-order valence-corrected chi connectivity index (χ3v) is 2.65. The van der Waals surface area contributed by atoms with Crippen molar-refractivity contribution in [1.82, 2.24) is 0 Å². The van der Waals surface area contributed by atoms with E-state index in [9.17, 15) is 13.6 Å². The SMILES string of the molecule is CCC[C@@H](N)C(=O)Nc1c(F)cc(Br)cc1F. The lowest BCUT2D eigenvalue weighted by Gasteiger charge is -2.12. The van der Waals surface area contributed by atoms with Crippen LogP contribution in [0.3, 0.4) is 0 Å². The van der Waals surface area contributed by atoms with Crippen molar-refractivity contribution in [2.75, 3.05) is 5.32 Å². The van der Waals surface area contributed by atoms with Gasteiger partial charge in [-0.1, -0.05) is 29.3 Å². The van der Waals surface area contributed by atoms with Gasteiger partial charge in [-0.3, -0.25) is 4.79 Å². The summed E-state index contributed by atoms with van der Waals surface area (Å²) in [4.78, 5) is 11.5. The van der Waals surface area contributed by atoms with Gasteiger partial charge in [0, 0.05) is 4.47 Å². The molecule has 3 N–H and O–H groups in total. The van der Waals surface area contributed by atoms with Crippen molar-refractivity contribution in [3.63, 3.8) is 0 Å². The Labute approximate surface area is 107 Å². The number of halogens is 3. The highest BCUT2D eigenvalue weighted by atomic mass is 79.9. The van der Waals surface area contributed by atoms with Gasteiger partial charge in [0.05, 0.1) is 6.04 Å². The van der Waals surface area contributed by atoms with Gasteiger partial charge < -0.3 is 11.1 Å². The van der Waals surface area contributed by atoms with Crippen LogP contribution < -0.4 is 11.1 Å². The molecule has 0 heterocycles. The number of amides is 1. The number of nitrogens with one attached hydrogen (secondary N) is 1. The van der Waals surface area contributed by atoms with E-state index in [1.165, 1.54) is 0 Å². The Morgan fingerprint density at radius 1 is 1.47 bits per heavy atom. The smallest absolute Gasteiger partial charge is 0.241 e. The van der Waals surface area contributed by atoms with E-state index in [2.05, 4.69) is 21.2 Å². The van der Waals surface area contributed by atoms with Gasteiger partial charge in [-0.05, 0) is 18.6 Å². The molecule has 0 saturated carbocycles. The maximum atomic E-state index is 13.4. The molecule has 0 radical (unpaired) electrons. The van der Waals surface area contributed by atoms with Gasteiger partial charge in [0.25, 0.3) is 0 Å². The lowest BCUT2D eigenvalue weighted by molar-refractivity contribution is -0.117. The van der Waals surface area contributed by atoms with Crippen molar-refractivity contribution < 1.29 is 13.6 Å². The molecule has 1 aromatic carbocycles. The number of rotatable bonds is 4. The predicted octanol–water partition coefficient (Wildman–Crippen LogP) is 2.79. The van der Waals surface area contributed by atoms with E-state index in [1.807, 2.05) is 6.92 Å². The second-order valence-corrected chi connectivity index (χ2v) is 4.54. The highest BCUT2D eigenvalue weighted by molar-refractivity contribution is 9.10. The number of carbonyl (C=O) groups excluding carboxylic acids is 1. The first-order chi connectivity index (χ1) is 7.95. The minimum absolute atomic E-state index is 0.267. The van der Waals surface area contributed by atoms with Crippen molar-refractivity contribution in [3.8, 4) is 0 Å². The van der Waals surface area contributed by atoms with E-state index < -0.39 is 29.3 Å². The molecule has 3 nitrogen and oxygen atoms in total. The molecule has 0 saturated heterocycles. The molecule has 1 aromatic rings. The van der Waals surface area contributed by atoms with Gasteiger partial charge in [-0.25, -0.2) is 8.78 Å². The predicted molar refractivity (Wildman–Crippen MR) is 65.6 cm³/mol. The molecular weight excluding hydrogens is 294 g/mol. The monoisotopic (exact) mass is 306 g/mol. The molecule has 6 heteroatoms. The standard InChI is InChI=1S/C11H13BrF2N2O/c1-2-3-9(15)11(17)16-10-7(13)4-6(12)5-8(10)14/h4-5,9H,2-3,15H2,1H3,(H,16,17)/t9-/m1/s1. The van der Waals surface area contributed by atoms with Crippen LogP contribution in [0.15, 0.2) is 16.6 Å². The number of nitrogens with two attached hydrogens (primary N) is 1. The average molecular weight is 307 g/mol. The minimum Gasteiger partial charge on any atom is -0.320 e. The zero-order valence-electron chi connectivity index (χ0n) is 9.27. The molecule has 0 aliphatic carbocycles. The van der Waals surface area contributed by atoms with E-state index in [1.54, 1.807) is 0 Å². The van der Waals surface area contributed by atoms with E-state index >= 15 is 0 Å². The first-order valence-electron chi connectivity index (χ1n) is 5.16. The molecule has 1 rings (SSSR count). The molecular formula is C11H13BrF2N2O. The van der Waals surface area contributed by atoms with Crippen molar-refractivity contribution in [1.29, 1.82) is 0 Å². The Morgan fingerprint density at radius 2 is 2.00 bits per heavy atom. The second kappa shape index (κ2) is 6.07. The minimum atomic E-state index is -0.839. The summed E-state index contributed by atoms with van der Waals surface area (Å²) in [7, 11) is 0. The number of benzene rings is 1. The molecule has 0 fully saturated rings. The summed E-state index contributed by atoms with van der Waals surface area (Å²) in [5.41, 5.74) is 5.07. The van der Waals surface area contributed by atoms with Crippen LogP contribution in [0, 0.1) is 11.6 Å². The maximum Gasteiger partial charge on any atom is 0.241 e. The van der Waals surface area contributed by atoms with Gasteiger partial charge in [-0.15, -0.1) is 0 Å². The van der Waals surface area contributed by atoms with Crippen LogP contribution in [0.25, 0.3) is 0 Å². The summed E-state index contributed by atoms with van der Waals surface area (Å²) < 4.78 is 27.1. The molecule has 0 aliphatic rings. The highest BCUT2D eigenvalue weighted by Gasteiger charge is 2.17. The molecule has 0 spiro atoms. The van der Waals surface area contributed by atoms with Gasteiger partial charge >= 0.3 is 0 Å². The van der Waals surface area contributed by atoms with Crippen LogP contribution in [-0.4, -0.2) is 11.9 Å². The number of hydrogen-bond acceptors (Lipinski definition) is 2. The molecule has 0 unspecified atom stereocenters. The first-order valence-corrected chi connectivity index (χ1v) is 5.96. The van der Waals surface area contributed by atoms with Gasteiger partial charge in [-0.2, -0.15) is 0 Å². The summed E-state index contributed by atoms with van der Waals surface area (Å²) in [6, 6.07) is 1.39. The molecule has 94 valence electrons. The second-order valence-electron chi connectivity index (χ2n) is 3.63. The van der Waals surface area contributed by atoms with Crippen molar-refractivity contribution in [2.45, 2.75) is 25.8 Å². The van der Waals surface area contributed by atoms with E-state index in [0.717, 1.165) is 18.6 Å². The van der Waals surface area contributed by atoms with Crippen molar-refractivity contribution in [3.05, 3.63) is 28.2 Å².